The van der Waals surface area contributed by atoms with E-state index in [1.54, 1.807) is 6.92 Å². The van der Waals surface area contributed by atoms with Gasteiger partial charge >= 0.3 is 12.0 Å². The van der Waals surface area contributed by atoms with Crippen LogP contribution in [0.25, 0.3) is 0 Å². The minimum atomic E-state index is -1.14. The Kier molecular flexibility index (Phi) is 6.66. The Morgan fingerprint density at radius 2 is 1.96 bits per heavy atom. The van der Waals surface area contributed by atoms with E-state index in [-0.39, 0.29) is 5.69 Å². The fourth-order valence-corrected chi connectivity index (χ4v) is 2.68. The molecule has 8 nitrogen and oxygen atoms in total. The number of anilines is 1. The summed E-state index contributed by atoms with van der Waals surface area (Å²) in [5, 5.41) is 4.79. The van der Waals surface area contributed by atoms with Crippen molar-refractivity contribution in [3.05, 3.63) is 29.8 Å². The summed E-state index contributed by atoms with van der Waals surface area (Å²) >= 11 is 0. The summed E-state index contributed by atoms with van der Waals surface area (Å²) < 4.78 is 30.7. The minimum absolute atomic E-state index is 0.0132. The molecule has 0 radical (unpaired) electrons. The highest BCUT2D eigenvalue weighted by molar-refractivity contribution is 6.08. The van der Waals surface area contributed by atoms with E-state index in [9.17, 15) is 28.0 Å². The lowest BCUT2D eigenvalue weighted by Gasteiger charge is -2.21. The van der Waals surface area contributed by atoms with Crippen molar-refractivity contribution >= 4 is 29.5 Å². The third-order valence-electron chi connectivity index (χ3n) is 4.23. The highest BCUT2D eigenvalue weighted by Gasteiger charge is 2.47. The zero-order chi connectivity index (χ0) is 20.9. The van der Waals surface area contributed by atoms with E-state index in [4.69, 9.17) is 4.74 Å². The van der Waals surface area contributed by atoms with Crippen LogP contribution in [0.4, 0.5) is 19.3 Å². The number of hydrogen-bond acceptors (Lipinski definition) is 5. The first-order valence-electron chi connectivity index (χ1n) is 8.71. The molecular weight excluding hydrogens is 376 g/mol. The van der Waals surface area contributed by atoms with Gasteiger partial charge in [0.2, 0.25) is 0 Å². The Bertz CT molecular complexity index is 801. The molecule has 1 aromatic rings. The van der Waals surface area contributed by atoms with E-state index in [0.29, 0.717) is 6.42 Å². The molecule has 152 valence electrons. The van der Waals surface area contributed by atoms with E-state index >= 15 is 0 Å². The number of hydrogen-bond donors (Lipinski definition) is 2. The van der Waals surface area contributed by atoms with Crippen LogP contribution in [0.15, 0.2) is 18.2 Å². The second kappa shape index (κ2) is 8.77. The first-order valence-corrected chi connectivity index (χ1v) is 8.71. The molecule has 0 aliphatic carbocycles. The fraction of sp³-hybridized carbons (Fsp3) is 0.444. The molecular formula is C18H21F2N3O5. The first kappa shape index (κ1) is 21.3. The van der Waals surface area contributed by atoms with Gasteiger partial charge in [-0.05, 0) is 25.5 Å². The van der Waals surface area contributed by atoms with Crippen molar-refractivity contribution in [3.63, 3.8) is 0 Å². The van der Waals surface area contributed by atoms with E-state index in [0.717, 1.165) is 35.9 Å². The number of urea groups is 1. The second-order valence-electron chi connectivity index (χ2n) is 6.59. The van der Waals surface area contributed by atoms with Crippen LogP contribution >= 0.6 is 0 Å². The quantitative estimate of drug-likeness (QED) is 0.515. The topological polar surface area (TPSA) is 105 Å². The maximum atomic E-state index is 13.1. The van der Waals surface area contributed by atoms with Gasteiger partial charge in [0.25, 0.3) is 11.8 Å². The number of amides is 4. The van der Waals surface area contributed by atoms with Gasteiger partial charge in [-0.3, -0.25) is 19.3 Å². The van der Waals surface area contributed by atoms with Gasteiger partial charge in [0.05, 0.1) is 0 Å². The van der Waals surface area contributed by atoms with Gasteiger partial charge in [-0.15, -0.1) is 0 Å². The van der Waals surface area contributed by atoms with Crippen LogP contribution in [0.2, 0.25) is 0 Å². The van der Waals surface area contributed by atoms with Crippen LogP contribution in [0, 0.1) is 11.6 Å². The predicted octanol–water partition coefficient (Wildman–Crippen LogP) is 1.95. The summed E-state index contributed by atoms with van der Waals surface area (Å²) in [5.41, 5.74) is -1.09. The average Bonchev–Trinajstić information content (AvgIpc) is 2.85. The maximum Gasteiger partial charge on any atom is 0.326 e. The Morgan fingerprint density at radius 3 is 2.61 bits per heavy atom. The van der Waals surface area contributed by atoms with Gasteiger partial charge in [0, 0.05) is 11.8 Å². The molecule has 2 N–H and O–H groups in total. The van der Waals surface area contributed by atoms with Crippen molar-refractivity contribution in [1.82, 2.24) is 10.2 Å². The largest absolute Gasteiger partial charge is 0.454 e. The predicted molar refractivity (Wildman–Crippen MR) is 94.1 cm³/mol. The van der Waals surface area contributed by atoms with E-state index in [2.05, 4.69) is 10.6 Å². The molecule has 0 aromatic heterocycles. The van der Waals surface area contributed by atoms with Crippen LogP contribution in [0.3, 0.4) is 0 Å². The van der Waals surface area contributed by atoms with Crippen molar-refractivity contribution in [2.24, 2.45) is 0 Å². The van der Waals surface area contributed by atoms with E-state index in [1.807, 2.05) is 6.92 Å². The Morgan fingerprint density at radius 1 is 1.25 bits per heavy atom. The number of ether oxygens (including phenoxy) is 1. The number of nitrogens with zero attached hydrogens (tertiary/aromatic N) is 1. The number of imide groups is 1. The summed E-state index contributed by atoms with van der Waals surface area (Å²) in [4.78, 5) is 48.7. The number of halogens is 2. The molecule has 1 fully saturated rings. The number of unbranched alkanes of at least 4 members (excludes halogenated alkanes) is 1. The molecule has 10 heteroatoms. The average molecular weight is 397 g/mol. The lowest BCUT2D eigenvalue weighted by atomic mass is 9.95. The van der Waals surface area contributed by atoms with Crippen molar-refractivity contribution < 1.29 is 32.7 Å². The number of benzene rings is 1. The van der Waals surface area contributed by atoms with Crippen LogP contribution in [-0.4, -0.2) is 47.4 Å². The van der Waals surface area contributed by atoms with Crippen LogP contribution in [-0.2, 0) is 19.1 Å². The molecule has 0 spiro atoms. The molecule has 1 aliphatic heterocycles. The molecule has 0 saturated carbocycles. The second-order valence-corrected chi connectivity index (χ2v) is 6.59. The SMILES string of the molecule is CCCC[C@]1(C)NC(=O)N(CC(=O)OCC(=O)Nc2ccc(F)c(F)c2)C1=O. The Labute approximate surface area is 160 Å². The number of esters is 1. The number of carbonyl (C=O) groups is 4. The molecule has 1 aliphatic rings. The molecule has 0 bridgehead atoms. The van der Waals surface area contributed by atoms with Gasteiger partial charge in [-0.2, -0.15) is 0 Å². The Hall–Kier alpha value is -3.04. The van der Waals surface area contributed by atoms with Crippen molar-refractivity contribution in [2.75, 3.05) is 18.5 Å². The summed E-state index contributed by atoms with van der Waals surface area (Å²) in [6.07, 6.45) is 2.01. The van der Waals surface area contributed by atoms with Crippen LogP contribution in [0.5, 0.6) is 0 Å². The molecule has 1 aromatic carbocycles. The van der Waals surface area contributed by atoms with Gasteiger partial charge < -0.3 is 15.4 Å². The fourth-order valence-electron chi connectivity index (χ4n) is 2.68. The van der Waals surface area contributed by atoms with Gasteiger partial charge in [0.15, 0.2) is 18.2 Å². The van der Waals surface area contributed by atoms with Gasteiger partial charge in [0.1, 0.15) is 12.1 Å². The number of rotatable bonds is 8. The minimum Gasteiger partial charge on any atom is -0.454 e. The third kappa shape index (κ3) is 5.02. The first-order chi connectivity index (χ1) is 13.2. The standard InChI is InChI=1S/C18H21F2N3O5/c1-3-4-7-18(2)16(26)23(17(27)22-18)9-15(25)28-10-14(24)21-11-5-6-12(19)13(20)8-11/h5-6,8H,3-4,7,9-10H2,1-2H3,(H,21,24)(H,22,27)/t18-/m0/s1. The zero-order valence-corrected chi connectivity index (χ0v) is 15.5. The van der Waals surface area contributed by atoms with Crippen molar-refractivity contribution in [1.29, 1.82) is 0 Å². The molecule has 1 heterocycles. The van der Waals surface area contributed by atoms with E-state index < -0.39 is 54.1 Å². The number of nitrogens with one attached hydrogen (secondary N) is 2. The zero-order valence-electron chi connectivity index (χ0n) is 15.5. The molecule has 4 amide bonds. The highest BCUT2D eigenvalue weighted by Crippen LogP contribution is 2.23. The summed E-state index contributed by atoms with van der Waals surface area (Å²) in [7, 11) is 0. The number of carbonyl (C=O) groups excluding carboxylic acids is 4. The maximum absolute atomic E-state index is 13.1. The van der Waals surface area contributed by atoms with Gasteiger partial charge in [-0.25, -0.2) is 13.6 Å². The van der Waals surface area contributed by atoms with Gasteiger partial charge in [-0.1, -0.05) is 19.8 Å². The Balaban J connectivity index is 1.84. The molecule has 0 unspecified atom stereocenters. The summed E-state index contributed by atoms with van der Waals surface area (Å²) in [6.45, 7) is 2.19. The lowest BCUT2D eigenvalue weighted by Crippen LogP contribution is -2.44. The van der Waals surface area contributed by atoms with E-state index in [1.165, 1.54) is 0 Å². The summed E-state index contributed by atoms with van der Waals surface area (Å²) in [6, 6.07) is 2.05. The monoisotopic (exact) mass is 397 g/mol. The third-order valence-corrected chi connectivity index (χ3v) is 4.23. The molecule has 28 heavy (non-hydrogen) atoms. The smallest absolute Gasteiger partial charge is 0.326 e. The van der Waals surface area contributed by atoms with Crippen molar-refractivity contribution in [2.45, 2.75) is 38.6 Å². The molecule has 1 saturated heterocycles. The van der Waals surface area contributed by atoms with Crippen LogP contribution in [0.1, 0.15) is 33.1 Å². The normalized spacial score (nSPS) is 18.8. The molecule has 1 atom stereocenters. The summed E-state index contributed by atoms with van der Waals surface area (Å²) in [5.74, 6) is -4.48. The van der Waals surface area contributed by atoms with Crippen LogP contribution < -0.4 is 10.6 Å². The molecule has 2 rings (SSSR count). The van der Waals surface area contributed by atoms with Crippen molar-refractivity contribution in [3.8, 4) is 0 Å². The lowest BCUT2D eigenvalue weighted by molar-refractivity contribution is -0.150. The highest BCUT2D eigenvalue weighted by atomic mass is 19.2.